The molecule has 3 nitrogen and oxygen atoms in total. The van der Waals surface area contributed by atoms with Gasteiger partial charge < -0.3 is 10.1 Å². The van der Waals surface area contributed by atoms with Crippen LogP contribution in [0.5, 0.6) is 0 Å². The molecule has 0 saturated heterocycles. The number of hydrogen-bond donors (Lipinski definition) is 1. The molecule has 0 aromatic carbocycles. The lowest BCUT2D eigenvalue weighted by Gasteiger charge is -2.26. The molecule has 3 atom stereocenters. The average molecular weight is 227 g/mol. The van der Waals surface area contributed by atoms with Crippen LogP contribution in [-0.2, 0) is 9.53 Å². The van der Waals surface area contributed by atoms with Gasteiger partial charge in [0.25, 0.3) is 0 Å². The average Bonchev–Trinajstić information content (AvgIpc) is 2.50. The van der Waals surface area contributed by atoms with E-state index in [9.17, 15) is 4.79 Å². The van der Waals surface area contributed by atoms with Crippen LogP contribution in [0, 0.1) is 5.92 Å². The van der Waals surface area contributed by atoms with Gasteiger partial charge in [-0.25, -0.2) is 0 Å². The van der Waals surface area contributed by atoms with E-state index < -0.39 is 0 Å². The molecule has 1 aliphatic carbocycles. The van der Waals surface area contributed by atoms with Gasteiger partial charge in [0.05, 0.1) is 7.11 Å². The summed E-state index contributed by atoms with van der Waals surface area (Å²) in [5, 5.41) is 3.47. The van der Waals surface area contributed by atoms with Crippen LogP contribution in [0.25, 0.3) is 0 Å². The molecule has 0 aromatic rings. The van der Waals surface area contributed by atoms with Gasteiger partial charge in [-0.3, -0.25) is 4.79 Å². The lowest BCUT2D eigenvalue weighted by atomic mass is 9.96. The number of carbonyl (C=O) groups is 1. The van der Waals surface area contributed by atoms with Gasteiger partial charge in [0.2, 0.25) is 0 Å². The van der Waals surface area contributed by atoms with E-state index in [1.54, 1.807) is 0 Å². The van der Waals surface area contributed by atoms with E-state index in [2.05, 4.69) is 12.2 Å². The van der Waals surface area contributed by atoms with Crippen molar-refractivity contribution in [3.05, 3.63) is 0 Å². The minimum atomic E-state index is -0.129. The second-order valence-electron chi connectivity index (χ2n) is 4.87. The Morgan fingerprint density at radius 1 is 1.38 bits per heavy atom. The Balaban J connectivity index is 2.51. The van der Waals surface area contributed by atoms with Gasteiger partial charge in [0, 0.05) is 6.04 Å². The molecule has 0 aliphatic heterocycles. The maximum absolute atomic E-state index is 11.5. The van der Waals surface area contributed by atoms with Crippen LogP contribution in [-0.4, -0.2) is 25.2 Å². The van der Waals surface area contributed by atoms with Crippen molar-refractivity contribution in [1.82, 2.24) is 5.32 Å². The standard InChI is InChI=1S/C13H25NO2/c1-4-11(13(15)16-3)14-12-9-7-5-6-8-10(12)2/h10-12,14H,4-9H2,1-3H3. The molecule has 1 aliphatic rings. The van der Waals surface area contributed by atoms with Gasteiger partial charge >= 0.3 is 5.97 Å². The fraction of sp³-hybridized carbons (Fsp3) is 0.923. The molecule has 94 valence electrons. The van der Waals surface area contributed by atoms with Crippen LogP contribution in [0.2, 0.25) is 0 Å². The third-order valence-corrected chi connectivity index (χ3v) is 3.67. The highest BCUT2D eigenvalue weighted by Gasteiger charge is 2.25. The fourth-order valence-corrected chi connectivity index (χ4v) is 2.49. The Morgan fingerprint density at radius 3 is 2.69 bits per heavy atom. The van der Waals surface area contributed by atoms with Crippen molar-refractivity contribution in [2.75, 3.05) is 7.11 Å². The summed E-state index contributed by atoms with van der Waals surface area (Å²) >= 11 is 0. The van der Waals surface area contributed by atoms with Gasteiger partial charge in [0.1, 0.15) is 6.04 Å². The van der Waals surface area contributed by atoms with Crippen LogP contribution >= 0.6 is 0 Å². The third kappa shape index (κ3) is 3.78. The molecule has 0 spiro atoms. The summed E-state index contributed by atoms with van der Waals surface area (Å²) in [5.41, 5.74) is 0. The summed E-state index contributed by atoms with van der Waals surface area (Å²) in [6.45, 7) is 4.31. The first-order chi connectivity index (χ1) is 7.69. The topological polar surface area (TPSA) is 38.3 Å². The number of esters is 1. The largest absolute Gasteiger partial charge is 0.468 e. The summed E-state index contributed by atoms with van der Waals surface area (Å²) in [7, 11) is 1.46. The minimum Gasteiger partial charge on any atom is -0.468 e. The number of ether oxygens (including phenoxy) is 1. The van der Waals surface area contributed by atoms with Gasteiger partial charge in [0.15, 0.2) is 0 Å². The second-order valence-corrected chi connectivity index (χ2v) is 4.87. The maximum atomic E-state index is 11.5. The normalized spacial score (nSPS) is 28.2. The molecule has 1 rings (SSSR count). The molecule has 3 heteroatoms. The highest BCUT2D eigenvalue weighted by Crippen LogP contribution is 2.23. The molecular weight excluding hydrogens is 202 g/mol. The molecule has 0 heterocycles. The van der Waals surface area contributed by atoms with E-state index in [-0.39, 0.29) is 12.0 Å². The SMILES string of the molecule is CCC(NC1CCCCCC1C)C(=O)OC. The van der Waals surface area contributed by atoms with Crippen LogP contribution < -0.4 is 5.32 Å². The molecule has 0 amide bonds. The van der Waals surface area contributed by atoms with E-state index in [1.165, 1.54) is 39.2 Å². The lowest BCUT2D eigenvalue weighted by Crippen LogP contribution is -2.46. The maximum Gasteiger partial charge on any atom is 0.322 e. The minimum absolute atomic E-state index is 0.126. The van der Waals surface area contributed by atoms with Crippen molar-refractivity contribution in [2.45, 2.75) is 64.5 Å². The number of hydrogen-bond acceptors (Lipinski definition) is 3. The van der Waals surface area contributed by atoms with Crippen molar-refractivity contribution in [1.29, 1.82) is 0 Å². The molecule has 0 radical (unpaired) electrons. The Morgan fingerprint density at radius 2 is 2.06 bits per heavy atom. The predicted molar refractivity (Wildman–Crippen MR) is 65.3 cm³/mol. The van der Waals surface area contributed by atoms with Gasteiger partial charge in [-0.05, 0) is 25.2 Å². The molecule has 0 bridgehead atoms. The molecule has 1 N–H and O–H groups in total. The smallest absolute Gasteiger partial charge is 0.322 e. The van der Waals surface area contributed by atoms with Gasteiger partial charge in [-0.2, -0.15) is 0 Å². The number of nitrogens with one attached hydrogen (secondary N) is 1. The Bertz CT molecular complexity index is 218. The first kappa shape index (κ1) is 13.5. The van der Waals surface area contributed by atoms with Crippen molar-refractivity contribution in [2.24, 2.45) is 5.92 Å². The third-order valence-electron chi connectivity index (χ3n) is 3.67. The van der Waals surface area contributed by atoms with E-state index >= 15 is 0 Å². The van der Waals surface area contributed by atoms with Gasteiger partial charge in [-0.15, -0.1) is 0 Å². The monoisotopic (exact) mass is 227 g/mol. The Labute approximate surface area is 98.9 Å². The summed E-state index contributed by atoms with van der Waals surface area (Å²) < 4.78 is 4.81. The fourth-order valence-electron chi connectivity index (χ4n) is 2.49. The summed E-state index contributed by atoms with van der Waals surface area (Å²) in [6, 6.07) is 0.349. The first-order valence-electron chi connectivity index (χ1n) is 6.53. The number of methoxy groups -OCH3 is 1. The summed E-state index contributed by atoms with van der Waals surface area (Å²) in [5.74, 6) is 0.542. The quantitative estimate of drug-likeness (QED) is 0.592. The molecule has 0 aromatic heterocycles. The lowest BCUT2D eigenvalue weighted by molar-refractivity contribution is -0.143. The molecule has 1 fully saturated rings. The zero-order chi connectivity index (χ0) is 12.0. The summed E-state index contributed by atoms with van der Waals surface area (Å²) in [6.07, 6.45) is 7.20. The van der Waals surface area contributed by atoms with E-state index in [1.807, 2.05) is 6.92 Å². The van der Waals surface area contributed by atoms with E-state index in [0.717, 1.165) is 6.42 Å². The van der Waals surface area contributed by atoms with Gasteiger partial charge in [-0.1, -0.05) is 33.1 Å². The van der Waals surface area contributed by atoms with Crippen LogP contribution in [0.1, 0.15) is 52.4 Å². The van der Waals surface area contributed by atoms with Crippen molar-refractivity contribution >= 4 is 5.97 Å². The van der Waals surface area contributed by atoms with Crippen LogP contribution in [0.3, 0.4) is 0 Å². The molecule has 3 unspecified atom stereocenters. The van der Waals surface area contributed by atoms with Crippen molar-refractivity contribution in [3.63, 3.8) is 0 Å². The summed E-state index contributed by atoms with van der Waals surface area (Å²) in [4.78, 5) is 11.5. The second kappa shape index (κ2) is 6.89. The first-order valence-corrected chi connectivity index (χ1v) is 6.53. The zero-order valence-electron chi connectivity index (χ0n) is 10.8. The van der Waals surface area contributed by atoms with E-state index in [4.69, 9.17) is 4.74 Å². The van der Waals surface area contributed by atoms with E-state index in [0.29, 0.717) is 12.0 Å². The molecule has 1 saturated carbocycles. The molecular formula is C13H25NO2. The van der Waals surface area contributed by atoms with Crippen molar-refractivity contribution < 1.29 is 9.53 Å². The highest BCUT2D eigenvalue weighted by atomic mass is 16.5. The van der Waals surface area contributed by atoms with Crippen molar-refractivity contribution in [3.8, 4) is 0 Å². The number of carbonyl (C=O) groups excluding carboxylic acids is 1. The zero-order valence-corrected chi connectivity index (χ0v) is 10.8. The predicted octanol–water partition coefficient (Wildman–Crippen LogP) is 2.50. The highest BCUT2D eigenvalue weighted by molar-refractivity contribution is 5.75. The Hall–Kier alpha value is -0.570. The van der Waals surface area contributed by atoms with Crippen LogP contribution in [0.15, 0.2) is 0 Å². The number of rotatable bonds is 4. The molecule has 16 heavy (non-hydrogen) atoms. The Kier molecular flexibility index (Phi) is 5.81. The van der Waals surface area contributed by atoms with Crippen LogP contribution in [0.4, 0.5) is 0 Å².